The summed E-state index contributed by atoms with van der Waals surface area (Å²) < 4.78 is 5.22. The fourth-order valence-electron chi connectivity index (χ4n) is 2.22. The minimum atomic E-state index is -0.329. The van der Waals surface area contributed by atoms with Crippen LogP contribution in [0.5, 0.6) is 5.75 Å². The molecule has 0 saturated heterocycles. The lowest BCUT2D eigenvalue weighted by Gasteiger charge is -2.13. The van der Waals surface area contributed by atoms with Gasteiger partial charge in [0.2, 0.25) is 5.91 Å². The van der Waals surface area contributed by atoms with Gasteiger partial charge in [-0.15, -0.1) is 0 Å². The second-order valence-corrected chi connectivity index (χ2v) is 5.21. The van der Waals surface area contributed by atoms with Crippen LogP contribution in [0, 0.1) is 0 Å². The van der Waals surface area contributed by atoms with Crippen LogP contribution in [0.4, 0.5) is 16.2 Å². The molecule has 2 aromatic carbocycles. The van der Waals surface area contributed by atoms with Crippen molar-refractivity contribution in [3.05, 3.63) is 54.1 Å². The number of urea groups is 1. The number of hydrogen-bond acceptors (Lipinski definition) is 3. The molecule has 0 saturated carbocycles. The van der Waals surface area contributed by atoms with E-state index in [1.165, 1.54) is 14.0 Å². The molecule has 0 aliphatic carbocycles. The zero-order chi connectivity index (χ0) is 17.4. The summed E-state index contributed by atoms with van der Waals surface area (Å²) in [6.07, 6.45) is 0.747. The Morgan fingerprint density at radius 3 is 2.46 bits per heavy atom. The molecule has 0 aliphatic rings. The van der Waals surface area contributed by atoms with Crippen LogP contribution < -0.4 is 20.7 Å². The summed E-state index contributed by atoms with van der Waals surface area (Å²) in [7, 11) is 1.52. The monoisotopic (exact) mass is 327 g/mol. The van der Waals surface area contributed by atoms with E-state index in [-0.39, 0.29) is 11.9 Å². The minimum Gasteiger partial charge on any atom is -0.495 e. The van der Waals surface area contributed by atoms with Gasteiger partial charge < -0.3 is 20.7 Å². The van der Waals surface area contributed by atoms with Crippen molar-refractivity contribution in [2.75, 3.05) is 24.3 Å². The first-order valence-electron chi connectivity index (χ1n) is 7.63. The number of methoxy groups -OCH3 is 1. The summed E-state index contributed by atoms with van der Waals surface area (Å²) in [5.41, 5.74) is 2.23. The van der Waals surface area contributed by atoms with Crippen LogP contribution in [-0.4, -0.2) is 25.6 Å². The Kier molecular flexibility index (Phi) is 6.19. The summed E-state index contributed by atoms with van der Waals surface area (Å²) in [5.74, 6) is 0.334. The van der Waals surface area contributed by atoms with E-state index in [1.54, 1.807) is 18.2 Å². The average Bonchev–Trinajstić information content (AvgIpc) is 2.55. The molecule has 6 nitrogen and oxygen atoms in total. The van der Waals surface area contributed by atoms with Gasteiger partial charge in [-0.3, -0.25) is 4.79 Å². The maximum absolute atomic E-state index is 12.0. The van der Waals surface area contributed by atoms with Crippen LogP contribution in [0.15, 0.2) is 48.5 Å². The fourth-order valence-corrected chi connectivity index (χ4v) is 2.22. The number of amides is 3. The maximum atomic E-state index is 12.0. The van der Waals surface area contributed by atoms with E-state index in [4.69, 9.17) is 4.74 Å². The normalized spacial score (nSPS) is 9.92. The lowest BCUT2D eigenvalue weighted by atomic mass is 10.1. The van der Waals surface area contributed by atoms with Crippen molar-refractivity contribution in [2.24, 2.45) is 0 Å². The number of carbonyl (C=O) groups excluding carboxylic acids is 2. The topological polar surface area (TPSA) is 79.5 Å². The zero-order valence-electron chi connectivity index (χ0n) is 13.8. The number of rotatable bonds is 6. The minimum absolute atomic E-state index is 0.182. The number of ether oxygens (including phenoxy) is 1. The number of hydrogen-bond donors (Lipinski definition) is 3. The molecule has 2 aromatic rings. The molecule has 0 aromatic heterocycles. The van der Waals surface area contributed by atoms with Crippen LogP contribution in [0.2, 0.25) is 0 Å². The Bertz CT molecular complexity index is 702. The lowest BCUT2D eigenvalue weighted by Crippen LogP contribution is -2.30. The van der Waals surface area contributed by atoms with Gasteiger partial charge in [-0.05, 0) is 30.2 Å². The van der Waals surface area contributed by atoms with Gasteiger partial charge in [-0.1, -0.05) is 30.3 Å². The van der Waals surface area contributed by atoms with Crippen molar-refractivity contribution in [1.29, 1.82) is 0 Å². The van der Waals surface area contributed by atoms with Crippen molar-refractivity contribution in [3.63, 3.8) is 0 Å². The standard InChI is InChI=1S/C18H21N3O3/c1-13(22)20-15-8-9-17(24-2)16(12-15)21-18(23)19-11-10-14-6-4-3-5-7-14/h3-9,12H,10-11H2,1-2H3,(H,20,22)(H2,19,21,23). The fraction of sp³-hybridized carbons (Fsp3) is 0.222. The third-order valence-corrected chi connectivity index (χ3v) is 3.31. The maximum Gasteiger partial charge on any atom is 0.319 e. The van der Waals surface area contributed by atoms with Gasteiger partial charge >= 0.3 is 6.03 Å². The van der Waals surface area contributed by atoms with Crippen LogP contribution in [0.1, 0.15) is 12.5 Å². The Morgan fingerprint density at radius 2 is 1.79 bits per heavy atom. The summed E-state index contributed by atoms with van der Waals surface area (Å²) in [5, 5.41) is 8.20. The smallest absolute Gasteiger partial charge is 0.319 e. The predicted molar refractivity (Wildman–Crippen MR) is 94.5 cm³/mol. The van der Waals surface area contributed by atoms with Gasteiger partial charge in [-0.2, -0.15) is 0 Å². The number of anilines is 2. The lowest BCUT2D eigenvalue weighted by molar-refractivity contribution is -0.114. The number of carbonyl (C=O) groups is 2. The number of benzene rings is 2. The third kappa shape index (κ3) is 5.31. The molecule has 0 atom stereocenters. The van der Waals surface area contributed by atoms with Crippen LogP contribution in [0.3, 0.4) is 0 Å². The molecule has 0 spiro atoms. The van der Waals surface area contributed by atoms with E-state index in [1.807, 2.05) is 30.3 Å². The summed E-state index contributed by atoms with van der Waals surface area (Å²) >= 11 is 0. The van der Waals surface area contributed by atoms with Gasteiger partial charge in [0, 0.05) is 19.2 Å². The molecule has 0 unspecified atom stereocenters. The number of nitrogens with one attached hydrogen (secondary N) is 3. The second kappa shape index (κ2) is 8.57. The first-order chi connectivity index (χ1) is 11.6. The average molecular weight is 327 g/mol. The molecule has 24 heavy (non-hydrogen) atoms. The molecular weight excluding hydrogens is 306 g/mol. The van der Waals surface area contributed by atoms with E-state index in [9.17, 15) is 9.59 Å². The van der Waals surface area contributed by atoms with Crippen molar-refractivity contribution in [3.8, 4) is 5.75 Å². The molecule has 0 heterocycles. The Labute approximate surface area is 141 Å². The predicted octanol–water partition coefficient (Wildman–Crippen LogP) is 3.02. The second-order valence-electron chi connectivity index (χ2n) is 5.21. The van der Waals surface area contributed by atoms with Crippen molar-refractivity contribution >= 4 is 23.3 Å². The highest BCUT2D eigenvalue weighted by Crippen LogP contribution is 2.27. The molecule has 3 N–H and O–H groups in total. The highest BCUT2D eigenvalue weighted by atomic mass is 16.5. The van der Waals surface area contributed by atoms with Crippen molar-refractivity contribution in [1.82, 2.24) is 5.32 Å². The van der Waals surface area contributed by atoms with Crippen molar-refractivity contribution in [2.45, 2.75) is 13.3 Å². The van der Waals surface area contributed by atoms with E-state index in [2.05, 4.69) is 16.0 Å². The molecule has 0 fully saturated rings. The van der Waals surface area contributed by atoms with E-state index >= 15 is 0 Å². The highest BCUT2D eigenvalue weighted by Gasteiger charge is 2.09. The Hall–Kier alpha value is -3.02. The quantitative estimate of drug-likeness (QED) is 0.763. The first kappa shape index (κ1) is 17.3. The van der Waals surface area contributed by atoms with Gasteiger partial charge in [-0.25, -0.2) is 4.79 Å². The van der Waals surface area contributed by atoms with E-state index in [0.717, 1.165) is 12.0 Å². The molecule has 0 radical (unpaired) electrons. The van der Waals surface area contributed by atoms with Crippen LogP contribution >= 0.6 is 0 Å². The molecule has 2 rings (SSSR count). The zero-order valence-corrected chi connectivity index (χ0v) is 13.8. The summed E-state index contributed by atoms with van der Waals surface area (Å²) in [6, 6.07) is 14.6. The molecule has 0 bridgehead atoms. The van der Waals surface area contributed by atoms with Crippen molar-refractivity contribution < 1.29 is 14.3 Å². The molecular formula is C18H21N3O3. The summed E-state index contributed by atoms with van der Waals surface area (Å²) in [4.78, 5) is 23.2. The van der Waals surface area contributed by atoms with E-state index in [0.29, 0.717) is 23.7 Å². The molecule has 3 amide bonds. The molecule has 6 heteroatoms. The first-order valence-corrected chi connectivity index (χ1v) is 7.63. The SMILES string of the molecule is COc1ccc(NC(C)=O)cc1NC(=O)NCCc1ccccc1. The molecule has 126 valence electrons. The van der Waals surface area contributed by atoms with E-state index < -0.39 is 0 Å². The van der Waals surface area contributed by atoms with Gasteiger partial charge in [0.1, 0.15) is 5.75 Å². The highest BCUT2D eigenvalue weighted by molar-refractivity contribution is 5.94. The largest absolute Gasteiger partial charge is 0.495 e. The van der Waals surface area contributed by atoms with Gasteiger partial charge in [0.25, 0.3) is 0 Å². The van der Waals surface area contributed by atoms with Crippen LogP contribution in [-0.2, 0) is 11.2 Å². The Balaban J connectivity index is 1.93. The van der Waals surface area contributed by atoms with Gasteiger partial charge in [0.15, 0.2) is 0 Å². The summed E-state index contributed by atoms with van der Waals surface area (Å²) in [6.45, 7) is 1.94. The van der Waals surface area contributed by atoms with Crippen LogP contribution in [0.25, 0.3) is 0 Å². The van der Waals surface area contributed by atoms with Gasteiger partial charge in [0.05, 0.1) is 12.8 Å². The third-order valence-electron chi connectivity index (χ3n) is 3.31. The Morgan fingerprint density at radius 1 is 1.04 bits per heavy atom. The molecule has 0 aliphatic heterocycles.